The average Bonchev–Trinajstić information content (AvgIpc) is 2.84. The molecule has 0 aromatic carbocycles. The quantitative estimate of drug-likeness (QED) is 0.733. The molecule has 6 atom stereocenters. The zero-order chi connectivity index (χ0) is 17.3. The third-order valence-electron chi connectivity index (χ3n) is 8.13. The third kappa shape index (κ3) is 1.99. The minimum atomic E-state index is -0.252. The maximum atomic E-state index is 13.3. The van der Waals surface area contributed by atoms with E-state index in [1.165, 1.54) is 0 Å². The summed E-state index contributed by atoms with van der Waals surface area (Å²) in [5.74, 6) is 2.17. The molecular formula is C21H28O3. The van der Waals surface area contributed by atoms with E-state index in [0.29, 0.717) is 48.6 Å². The van der Waals surface area contributed by atoms with Gasteiger partial charge in [-0.1, -0.05) is 19.9 Å². The van der Waals surface area contributed by atoms with Crippen molar-refractivity contribution >= 4 is 17.3 Å². The highest BCUT2D eigenvalue weighted by atomic mass is 16.1. The van der Waals surface area contributed by atoms with Gasteiger partial charge in [0.25, 0.3) is 0 Å². The molecule has 4 rings (SSSR count). The van der Waals surface area contributed by atoms with Crippen molar-refractivity contribution in [1.82, 2.24) is 0 Å². The van der Waals surface area contributed by atoms with Crippen LogP contribution in [0.4, 0.5) is 0 Å². The van der Waals surface area contributed by atoms with Crippen molar-refractivity contribution in [3.8, 4) is 0 Å². The van der Waals surface area contributed by atoms with E-state index in [2.05, 4.69) is 19.9 Å². The first-order chi connectivity index (χ1) is 11.3. The highest BCUT2D eigenvalue weighted by Gasteiger charge is 2.62. The Balaban J connectivity index is 1.70. The summed E-state index contributed by atoms with van der Waals surface area (Å²) in [6, 6.07) is 0. The lowest BCUT2D eigenvalue weighted by atomic mass is 9.44. The van der Waals surface area contributed by atoms with Gasteiger partial charge in [-0.2, -0.15) is 0 Å². The summed E-state index contributed by atoms with van der Waals surface area (Å²) in [6.07, 6.45) is 7.87. The Hall–Kier alpha value is -1.25. The van der Waals surface area contributed by atoms with Gasteiger partial charge in [-0.05, 0) is 61.3 Å². The zero-order valence-corrected chi connectivity index (χ0v) is 15.1. The first-order valence-electron chi connectivity index (χ1n) is 9.53. The highest BCUT2D eigenvalue weighted by molar-refractivity contribution is 5.97. The molecule has 4 aliphatic rings. The van der Waals surface area contributed by atoms with Gasteiger partial charge in [0.05, 0.1) is 0 Å². The van der Waals surface area contributed by atoms with E-state index in [1.54, 1.807) is 6.92 Å². The number of fused-ring (bicyclic) bond motifs is 5. The number of carbonyl (C=O) groups is 3. The Labute approximate surface area is 144 Å². The number of ketones is 3. The van der Waals surface area contributed by atoms with E-state index < -0.39 is 0 Å². The molecule has 24 heavy (non-hydrogen) atoms. The molecule has 130 valence electrons. The van der Waals surface area contributed by atoms with Gasteiger partial charge in [-0.3, -0.25) is 14.4 Å². The Kier molecular flexibility index (Phi) is 3.47. The molecule has 3 fully saturated rings. The number of allylic oxidation sites excluding steroid dienone is 2. The van der Waals surface area contributed by atoms with Crippen LogP contribution in [0.15, 0.2) is 11.6 Å². The van der Waals surface area contributed by atoms with E-state index in [-0.39, 0.29) is 22.5 Å². The van der Waals surface area contributed by atoms with Gasteiger partial charge < -0.3 is 0 Å². The van der Waals surface area contributed by atoms with Crippen molar-refractivity contribution in [2.24, 2.45) is 34.5 Å². The summed E-state index contributed by atoms with van der Waals surface area (Å²) < 4.78 is 0. The van der Waals surface area contributed by atoms with Crippen molar-refractivity contribution < 1.29 is 14.4 Å². The second kappa shape index (κ2) is 5.12. The topological polar surface area (TPSA) is 51.2 Å². The molecule has 0 unspecified atom stereocenters. The Morgan fingerprint density at radius 3 is 2.67 bits per heavy atom. The highest BCUT2D eigenvalue weighted by Crippen LogP contribution is 2.65. The van der Waals surface area contributed by atoms with E-state index in [0.717, 1.165) is 31.3 Å². The van der Waals surface area contributed by atoms with Crippen LogP contribution in [-0.4, -0.2) is 17.3 Å². The normalized spacial score (nSPS) is 47.5. The molecule has 4 aliphatic carbocycles. The minimum Gasteiger partial charge on any atom is -0.300 e. The monoisotopic (exact) mass is 328 g/mol. The summed E-state index contributed by atoms with van der Waals surface area (Å²) in [5, 5.41) is 0. The largest absolute Gasteiger partial charge is 0.300 e. The number of Topliss-reactive ketones (excluding diaryl/α,β-unsaturated/α-hetero) is 3. The van der Waals surface area contributed by atoms with Gasteiger partial charge in [0.1, 0.15) is 11.6 Å². The van der Waals surface area contributed by atoms with Crippen molar-refractivity contribution in [2.45, 2.75) is 65.7 Å². The van der Waals surface area contributed by atoms with Gasteiger partial charge in [0, 0.05) is 30.6 Å². The molecule has 3 saturated carbocycles. The van der Waals surface area contributed by atoms with Gasteiger partial charge >= 0.3 is 0 Å². The van der Waals surface area contributed by atoms with E-state index in [1.807, 2.05) is 0 Å². The van der Waals surface area contributed by atoms with Crippen LogP contribution >= 0.6 is 0 Å². The first-order valence-corrected chi connectivity index (χ1v) is 9.53. The van der Waals surface area contributed by atoms with Crippen LogP contribution in [0, 0.1) is 34.5 Å². The van der Waals surface area contributed by atoms with Crippen molar-refractivity contribution in [3.63, 3.8) is 0 Å². The second-order valence-corrected chi connectivity index (χ2v) is 9.24. The smallest absolute Gasteiger partial charge is 0.156 e. The fourth-order valence-electron chi connectivity index (χ4n) is 6.98. The molecule has 0 aliphatic heterocycles. The molecule has 0 radical (unpaired) electrons. The maximum absolute atomic E-state index is 13.3. The molecule has 0 spiro atoms. The second-order valence-electron chi connectivity index (χ2n) is 9.24. The number of hydrogen-bond donors (Lipinski definition) is 0. The molecule has 0 N–H and O–H groups in total. The Morgan fingerprint density at radius 2 is 1.96 bits per heavy atom. The standard InChI is InChI=1S/C21H28O3/c1-12(22)16-6-7-17-15-5-4-13-10-14(23)8-9-20(13,2)19(15)18(24)11-21(16,17)3/h6,13,15,17,19H,4-5,7-11H2,1-3H3/t13-,15-,17+,19-,20-,21+/m0/s1. The van der Waals surface area contributed by atoms with Crippen molar-refractivity contribution in [3.05, 3.63) is 11.6 Å². The summed E-state index contributed by atoms with van der Waals surface area (Å²) in [7, 11) is 0. The van der Waals surface area contributed by atoms with Gasteiger partial charge in [-0.25, -0.2) is 0 Å². The molecule has 3 heteroatoms. The maximum Gasteiger partial charge on any atom is 0.156 e. The van der Waals surface area contributed by atoms with Crippen LogP contribution in [0.2, 0.25) is 0 Å². The van der Waals surface area contributed by atoms with Crippen LogP contribution in [0.25, 0.3) is 0 Å². The summed E-state index contributed by atoms with van der Waals surface area (Å²) in [5.41, 5.74) is 0.636. The van der Waals surface area contributed by atoms with Crippen LogP contribution in [0.1, 0.15) is 65.7 Å². The van der Waals surface area contributed by atoms with Crippen LogP contribution in [-0.2, 0) is 14.4 Å². The summed E-state index contributed by atoms with van der Waals surface area (Å²) in [6.45, 7) is 6.06. The zero-order valence-electron chi connectivity index (χ0n) is 15.1. The molecule has 0 saturated heterocycles. The molecule has 0 amide bonds. The first kappa shape index (κ1) is 16.2. The number of carbonyl (C=O) groups excluding carboxylic acids is 3. The lowest BCUT2D eigenvalue weighted by molar-refractivity contribution is -0.157. The van der Waals surface area contributed by atoms with Gasteiger partial charge in [0.15, 0.2) is 5.78 Å². The van der Waals surface area contributed by atoms with Crippen LogP contribution in [0.3, 0.4) is 0 Å². The average molecular weight is 328 g/mol. The summed E-state index contributed by atoms with van der Waals surface area (Å²) >= 11 is 0. The molecule has 0 aromatic heterocycles. The third-order valence-corrected chi connectivity index (χ3v) is 8.13. The number of hydrogen-bond acceptors (Lipinski definition) is 3. The predicted octanol–water partition coefficient (Wildman–Crippen LogP) is 3.90. The molecular weight excluding hydrogens is 300 g/mol. The number of rotatable bonds is 1. The lowest BCUT2D eigenvalue weighted by Gasteiger charge is -2.58. The Morgan fingerprint density at radius 1 is 1.21 bits per heavy atom. The van der Waals surface area contributed by atoms with E-state index in [9.17, 15) is 14.4 Å². The van der Waals surface area contributed by atoms with Crippen LogP contribution < -0.4 is 0 Å². The van der Waals surface area contributed by atoms with Gasteiger partial charge in [-0.15, -0.1) is 0 Å². The van der Waals surface area contributed by atoms with E-state index in [4.69, 9.17) is 0 Å². The fraction of sp³-hybridized carbons (Fsp3) is 0.762. The molecule has 0 heterocycles. The molecule has 0 aromatic rings. The molecule has 3 nitrogen and oxygen atoms in total. The SMILES string of the molecule is CC(=O)C1=CC[C@@H]2[C@@H]3CC[C@H]4CC(=O)CC[C@]4(C)[C@@H]3C(=O)C[C@]12C. The predicted molar refractivity (Wildman–Crippen MR) is 91.3 cm³/mol. The van der Waals surface area contributed by atoms with E-state index >= 15 is 0 Å². The van der Waals surface area contributed by atoms with Crippen molar-refractivity contribution in [2.75, 3.05) is 0 Å². The minimum absolute atomic E-state index is 0.00574. The summed E-state index contributed by atoms with van der Waals surface area (Å²) in [4.78, 5) is 37.3. The fourth-order valence-corrected chi connectivity index (χ4v) is 6.98. The van der Waals surface area contributed by atoms with Gasteiger partial charge in [0.2, 0.25) is 0 Å². The molecule has 0 bridgehead atoms. The van der Waals surface area contributed by atoms with Crippen LogP contribution in [0.5, 0.6) is 0 Å². The lowest BCUT2D eigenvalue weighted by Crippen LogP contribution is -2.57. The van der Waals surface area contributed by atoms with Crippen molar-refractivity contribution in [1.29, 1.82) is 0 Å². The Bertz CT molecular complexity index is 660.